The molecule has 10 heteroatoms. The Hall–Kier alpha value is -4.08. The van der Waals surface area contributed by atoms with Crippen LogP contribution in [0.15, 0.2) is 60.7 Å². The Kier molecular flexibility index (Phi) is 11.8. The number of rotatable bonds is 12. The molecule has 0 aliphatic carbocycles. The fourth-order valence-electron chi connectivity index (χ4n) is 4.12. The van der Waals surface area contributed by atoms with Crippen molar-refractivity contribution in [3.8, 4) is 0 Å². The first kappa shape index (κ1) is 31.1. The first-order valence-corrected chi connectivity index (χ1v) is 12.9. The largest absolute Gasteiger partial charge is 0.480 e. The molecule has 39 heavy (non-hydrogen) atoms. The van der Waals surface area contributed by atoms with Gasteiger partial charge in [0.15, 0.2) is 0 Å². The number of carbonyl (C=O) groups excluding carboxylic acids is 3. The molecule has 0 unspecified atom stereocenters. The number of nitrogens with one attached hydrogen (secondary N) is 3. The van der Waals surface area contributed by atoms with Crippen molar-refractivity contribution in [3.05, 3.63) is 71.8 Å². The smallest absolute Gasteiger partial charge is 0.408 e. The Balaban J connectivity index is 2.11. The van der Waals surface area contributed by atoms with Gasteiger partial charge in [0.05, 0.1) is 7.11 Å². The molecule has 0 radical (unpaired) electrons. The van der Waals surface area contributed by atoms with Gasteiger partial charge in [-0.05, 0) is 58.1 Å². The number of amides is 3. The topological polar surface area (TPSA) is 143 Å². The lowest BCUT2D eigenvalue weighted by atomic mass is 9.84. The van der Waals surface area contributed by atoms with E-state index in [1.54, 1.807) is 27.7 Å². The Morgan fingerprint density at radius 2 is 1.36 bits per heavy atom. The fraction of sp³-hybridized carbons (Fsp3) is 0.448. The first-order valence-electron chi connectivity index (χ1n) is 12.9. The third-order valence-electron chi connectivity index (χ3n) is 5.90. The number of benzene rings is 2. The number of hydrogen-bond acceptors (Lipinski definition) is 6. The number of alkyl carbamates (subject to hydrolysis) is 2. The van der Waals surface area contributed by atoms with Gasteiger partial charge >= 0.3 is 18.2 Å². The second kappa shape index (κ2) is 14.8. The molecule has 0 saturated carbocycles. The molecule has 0 bridgehead atoms. The van der Waals surface area contributed by atoms with Crippen LogP contribution in [0.1, 0.15) is 64.0 Å². The molecule has 0 heterocycles. The minimum atomic E-state index is -1.17. The van der Waals surface area contributed by atoms with E-state index in [1.807, 2.05) is 60.7 Å². The van der Waals surface area contributed by atoms with Crippen LogP contribution in [0, 0.1) is 0 Å². The molecule has 0 aliphatic heterocycles. The van der Waals surface area contributed by atoms with Crippen molar-refractivity contribution in [2.45, 2.75) is 76.6 Å². The summed E-state index contributed by atoms with van der Waals surface area (Å²) in [7, 11) is 1.23. The normalized spacial score (nSPS) is 13.5. The Morgan fingerprint density at radius 3 is 1.82 bits per heavy atom. The molecule has 212 valence electrons. The lowest BCUT2D eigenvalue weighted by Crippen LogP contribution is -2.52. The summed E-state index contributed by atoms with van der Waals surface area (Å²) in [6.07, 6.45) is -0.546. The quantitative estimate of drug-likeness (QED) is 0.315. The Morgan fingerprint density at radius 1 is 0.821 bits per heavy atom. The van der Waals surface area contributed by atoms with Gasteiger partial charge < -0.3 is 30.5 Å². The van der Waals surface area contributed by atoms with Gasteiger partial charge in [0.25, 0.3) is 0 Å². The molecule has 0 saturated heterocycles. The Bertz CT molecular complexity index is 1050. The summed E-state index contributed by atoms with van der Waals surface area (Å²) in [5.41, 5.74) is 0.925. The third-order valence-corrected chi connectivity index (χ3v) is 5.90. The predicted molar refractivity (Wildman–Crippen MR) is 146 cm³/mol. The average Bonchev–Trinajstić information content (AvgIpc) is 2.87. The van der Waals surface area contributed by atoms with Crippen LogP contribution in [0.2, 0.25) is 0 Å². The van der Waals surface area contributed by atoms with Crippen molar-refractivity contribution in [3.63, 3.8) is 0 Å². The summed E-state index contributed by atoms with van der Waals surface area (Å²) in [6.45, 7) is 6.86. The molecule has 0 aromatic heterocycles. The van der Waals surface area contributed by atoms with Gasteiger partial charge in [-0.25, -0.2) is 14.4 Å². The van der Waals surface area contributed by atoms with E-state index < -0.39 is 47.7 Å². The summed E-state index contributed by atoms with van der Waals surface area (Å²) >= 11 is 0. The van der Waals surface area contributed by atoms with Gasteiger partial charge in [-0.2, -0.15) is 0 Å². The number of carbonyl (C=O) groups is 4. The van der Waals surface area contributed by atoms with Crippen LogP contribution >= 0.6 is 0 Å². The molecule has 0 aliphatic rings. The number of methoxy groups -OCH3 is 1. The van der Waals surface area contributed by atoms with E-state index >= 15 is 0 Å². The van der Waals surface area contributed by atoms with Crippen LogP contribution in [0.4, 0.5) is 9.59 Å². The highest BCUT2D eigenvalue weighted by Crippen LogP contribution is 2.28. The van der Waals surface area contributed by atoms with E-state index in [9.17, 15) is 24.3 Å². The van der Waals surface area contributed by atoms with Gasteiger partial charge in [-0.3, -0.25) is 4.79 Å². The van der Waals surface area contributed by atoms with Crippen LogP contribution < -0.4 is 16.0 Å². The van der Waals surface area contributed by atoms with Crippen molar-refractivity contribution >= 4 is 24.1 Å². The fourth-order valence-corrected chi connectivity index (χ4v) is 4.12. The second-order valence-corrected chi connectivity index (χ2v) is 10.3. The van der Waals surface area contributed by atoms with E-state index in [0.717, 1.165) is 11.1 Å². The number of aliphatic carboxylic acids is 1. The molecule has 0 fully saturated rings. The third kappa shape index (κ3) is 10.7. The molecule has 4 N–H and O–H groups in total. The molecular weight excluding hydrogens is 502 g/mol. The van der Waals surface area contributed by atoms with Crippen molar-refractivity contribution in [2.24, 2.45) is 0 Å². The minimum Gasteiger partial charge on any atom is -0.480 e. The summed E-state index contributed by atoms with van der Waals surface area (Å²) in [5, 5.41) is 17.5. The predicted octanol–water partition coefficient (Wildman–Crippen LogP) is 4.20. The molecule has 2 aromatic carbocycles. The van der Waals surface area contributed by atoms with Crippen molar-refractivity contribution in [1.82, 2.24) is 16.0 Å². The van der Waals surface area contributed by atoms with E-state index in [-0.39, 0.29) is 12.5 Å². The maximum Gasteiger partial charge on any atom is 0.408 e. The molecule has 0 spiro atoms. The number of hydrogen-bond donors (Lipinski definition) is 4. The SMILES string of the molecule is COC(=O)N[C@H](C(=O)N[C@@H](C)CCC[C@H](NC(=O)OC(C)(C)C)C(=O)O)C(c1ccccc1)c1ccccc1. The highest BCUT2D eigenvalue weighted by atomic mass is 16.6. The van der Waals surface area contributed by atoms with Gasteiger partial charge in [0.1, 0.15) is 17.7 Å². The minimum absolute atomic E-state index is 0.148. The zero-order valence-electron chi connectivity index (χ0n) is 23.1. The molecule has 10 nitrogen and oxygen atoms in total. The molecular formula is C29H39N3O7. The monoisotopic (exact) mass is 541 g/mol. The van der Waals surface area contributed by atoms with Crippen LogP contribution in [-0.2, 0) is 19.1 Å². The maximum atomic E-state index is 13.5. The zero-order valence-corrected chi connectivity index (χ0v) is 23.1. The molecule has 3 atom stereocenters. The van der Waals surface area contributed by atoms with Crippen LogP contribution in [0.25, 0.3) is 0 Å². The standard InChI is InChI=1S/C29H39N3O7/c1-19(13-12-18-22(26(34)35)31-28(37)39-29(2,3)4)30-25(33)24(32-27(36)38-5)23(20-14-8-6-9-15-20)21-16-10-7-11-17-21/h6-11,14-17,19,22-24H,12-13,18H2,1-5H3,(H,30,33)(H,31,37)(H,32,36)(H,34,35)/t19-,22-,24-/m0/s1. The second-order valence-electron chi connectivity index (χ2n) is 10.3. The first-order chi connectivity index (χ1) is 18.4. The van der Waals surface area contributed by atoms with Gasteiger partial charge in [-0.15, -0.1) is 0 Å². The summed E-state index contributed by atoms with van der Waals surface area (Å²) < 4.78 is 9.95. The van der Waals surface area contributed by atoms with E-state index in [4.69, 9.17) is 9.47 Å². The van der Waals surface area contributed by atoms with E-state index in [1.165, 1.54) is 7.11 Å². The van der Waals surface area contributed by atoms with Crippen molar-refractivity contribution in [2.75, 3.05) is 7.11 Å². The lowest BCUT2D eigenvalue weighted by molar-refractivity contribution is -0.139. The summed E-state index contributed by atoms with van der Waals surface area (Å²) in [4.78, 5) is 49.4. The maximum absolute atomic E-state index is 13.5. The molecule has 3 amide bonds. The number of carboxylic acids is 1. The van der Waals surface area contributed by atoms with Crippen LogP contribution in [0.5, 0.6) is 0 Å². The summed E-state index contributed by atoms with van der Waals surface area (Å²) in [6, 6.07) is 16.3. The molecule has 2 aromatic rings. The number of ether oxygens (including phenoxy) is 2. The summed E-state index contributed by atoms with van der Waals surface area (Å²) in [5.74, 6) is -2.08. The zero-order chi connectivity index (χ0) is 29.0. The highest BCUT2D eigenvalue weighted by Gasteiger charge is 2.33. The van der Waals surface area contributed by atoms with E-state index in [0.29, 0.717) is 12.8 Å². The average molecular weight is 542 g/mol. The van der Waals surface area contributed by atoms with Crippen molar-refractivity contribution < 1.29 is 33.8 Å². The van der Waals surface area contributed by atoms with Crippen LogP contribution in [-0.4, -0.2) is 60.0 Å². The Labute approximate surface area is 229 Å². The van der Waals surface area contributed by atoms with Crippen molar-refractivity contribution in [1.29, 1.82) is 0 Å². The van der Waals surface area contributed by atoms with Crippen LogP contribution in [0.3, 0.4) is 0 Å². The number of carboxylic acid groups (broad SMARTS) is 1. The van der Waals surface area contributed by atoms with Gasteiger partial charge in [-0.1, -0.05) is 60.7 Å². The van der Waals surface area contributed by atoms with E-state index in [2.05, 4.69) is 16.0 Å². The van der Waals surface area contributed by atoms with Gasteiger partial charge in [0.2, 0.25) is 5.91 Å². The highest BCUT2D eigenvalue weighted by molar-refractivity contribution is 5.87. The van der Waals surface area contributed by atoms with Gasteiger partial charge in [0, 0.05) is 12.0 Å². The lowest BCUT2D eigenvalue weighted by Gasteiger charge is -2.29. The molecule has 2 rings (SSSR count).